The van der Waals surface area contributed by atoms with Crippen LogP contribution in [-0.2, 0) is 0 Å². The fourth-order valence-electron chi connectivity index (χ4n) is 1.89. The Bertz CT molecular complexity index is 629. The summed E-state index contributed by atoms with van der Waals surface area (Å²) in [6, 6.07) is 9.87. The Kier molecular flexibility index (Phi) is 2.59. The lowest BCUT2D eigenvalue weighted by atomic mass is 10.0. The van der Waals surface area contributed by atoms with Crippen molar-refractivity contribution in [1.82, 2.24) is 9.97 Å². The summed E-state index contributed by atoms with van der Waals surface area (Å²) in [5.74, 6) is 0. The van der Waals surface area contributed by atoms with Gasteiger partial charge < -0.3 is 5.73 Å². The van der Waals surface area contributed by atoms with Gasteiger partial charge in [-0.05, 0) is 17.5 Å². The Labute approximate surface area is 103 Å². The van der Waals surface area contributed by atoms with Crippen LogP contribution in [0.2, 0.25) is 0 Å². The maximum Gasteiger partial charge on any atom is 0.0938 e. The van der Waals surface area contributed by atoms with Gasteiger partial charge in [-0.1, -0.05) is 18.2 Å². The monoisotopic (exact) mass is 241 g/mol. The van der Waals surface area contributed by atoms with Gasteiger partial charge in [0.2, 0.25) is 0 Å². The van der Waals surface area contributed by atoms with Crippen LogP contribution in [0.15, 0.2) is 48.1 Å². The Morgan fingerprint density at radius 2 is 1.94 bits per heavy atom. The van der Waals surface area contributed by atoms with E-state index < -0.39 is 0 Å². The molecule has 0 saturated heterocycles. The zero-order chi connectivity index (χ0) is 11.7. The molecule has 1 atom stereocenters. The average Bonchev–Trinajstić information content (AvgIpc) is 2.91. The lowest BCUT2D eigenvalue weighted by Crippen LogP contribution is -2.11. The van der Waals surface area contributed by atoms with Crippen molar-refractivity contribution in [2.75, 3.05) is 0 Å². The maximum absolute atomic E-state index is 6.27. The second-order valence-electron chi connectivity index (χ2n) is 3.76. The Morgan fingerprint density at radius 1 is 1.06 bits per heavy atom. The number of benzene rings is 1. The molecule has 2 heterocycles. The molecule has 1 unspecified atom stereocenters. The largest absolute Gasteiger partial charge is 0.320 e. The predicted octanol–water partition coefficient (Wildman–Crippen LogP) is 2.74. The first-order valence-electron chi connectivity index (χ1n) is 5.35. The van der Waals surface area contributed by atoms with Crippen molar-refractivity contribution in [3.8, 4) is 0 Å². The second-order valence-corrected chi connectivity index (χ2v) is 4.74. The third kappa shape index (κ3) is 1.81. The summed E-state index contributed by atoms with van der Waals surface area (Å²) < 4.78 is 0. The van der Waals surface area contributed by atoms with Crippen molar-refractivity contribution < 1.29 is 0 Å². The third-order valence-electron chi connectivity index (χ3n) is 2.71. The first kappa shape index (κ1) is 10.4. The Morgan fingerprint density at radius 3 is 2.76 bits per heavy atom. The molecule has 3 nitrogen and oxygen atoms in total. The fourth-order valence-corrected chi connectivity index (χ4v) is 2.63. The van der Waals surface area contributed by atoms with E-state index in [9.17, 15) is 0 Å². The van der Waals surface area contributed by atoms with Gasteiger partial charge in [0.05, 0.1) is 17.1 Å². The van der Waals surface area contributed by atoms with Crippen molar-refractivity contribution in [2.24, 2.45) is 5.73 Å². The standard InChI is InChI=1S/C13H11N3S/c14-12(11-5-2-8-17-11)9-3-1-4-10-13(9)16-7-6-15-10/h1-8,12H,14H2. The first-order valence-corrected chi connectivity index (χ1v) is 6.23. The number of fused-ring (bicyclic) bond motifs is 1. The van der Waals surface area contributed by atoms with Gasteiger partial charge >= 0.3 is 0 Å². The van der Waals surface area contributed by atoms with Crippen LogP contribution in [0.4, 0.5) is 0 Å². The number of rotatable bonds is 2. The van der Waals surface area contributed by atoms with Gasteiger partial charge in [-0.25, -0.2) is 0 Å². The number of hydrogen-bond acceptors (Lipinski definition) is 4. The highest BCUT2D eigenvalue weighted by Crippen LogP contribution is 2.27. The summed E-state index contributed by atoms with van der Waals surface area (Å²) in [6.07, 6.45) is 3.40. The summed E-state index contributed by atoms with van der Waals surface area (Å²) in [6.45, 7) is 0. The van der Waals surface area contributed by atoms with Crippen LogP contribution in [0, 0.1) is 0 Å². The lowest BCUT2D eigenvalue weighted by molar-refractivity contribution is 0.898. The summed E-state index contributed by atoms with van der Waals surface area (Å²) in [7, 11) is 0. The maximum atomic E-state index is 6.27. The van der Waals surface area contributed by atoms with Crippen LogP contribution >= 0.6 is 11.3 Å². The molecule has 0 bridgehead atoms. The summed E-state index contributed by atoms with van der Waals surface area (Å²) in [5.41, 5.74) is 9.07. The van der Waals surface area contributed by atoms with Crippen molar-refractivity contribution >= 4 is 22.4 Å². The summed E-state index contributed by atoms with van der Waals surface area (Å²) in [5, 5.41) is 2.03. The molecule has 0 amide bonds. The summed E-state index contributed by atoms with van der Waals surface area (Å²) >= 11 is 1.66. The molecular formula is C13H11N3S. The van der Waals surface area contributed by atoms with E-state index in [1.807, 2.05) is 35.7 Å². The minimum atomic E-state index is -0.129. The number of nitrogens with two attached hydrogens (primary N) is 1. The number of para-hydroxylation sites is 1. The van der Waals surface area contributed by atoms with Crippen LogP contribution < -0.4 is 5.73 Å². The Hall–Kier alpha value is -1.78. The molecular weight excluding hydrogens is 230 g/mol. The molecule has 84 valence electrons. The minimum Gasteiger partial charge on any atom is -0.320 e. The van der Waals surface area contributed by atoms with Crippen LogP contribution in [0.1, 0.15) is 16.5 Å². The van der Waals surface area contributed by atoms with Gasteiger partial charge in [0.1, 0.15) is 0 Å². The highest BCUT2D eigenvalue weighted by atomic mass is 32.1. The molecule has 3 rings (SSSR count). The number of aromatic nitrogens is 2. The van der Waals surface area contributed by atoms with E-state index in [0.717, 1.165) is 21.5 Å². The molecule has 0 aliphatic rings. The van der Waals surface area contributed by atoms with Crippen LogP contribution in [0.25, 0.3) is 11.0 Å². The molecule has 0 spiro atoms. The molecule has 17 heavy (non-hydrogen) atoms. The van der Waals surface area contributed by atoms with Crippen molar-refractivity contribution in [3.63, 3.8) is 0 Å². The van der Waals surface area contributed by atoms with Crippen LogP contribution in [0.5, 0.6) is 0 Å². The highest BCUT2D eigenvalue weighted by molar-refractivity contribution is 7.10. The predicted molar refractivity (Wildman–Crippen MR) is 69.9 cm³/mol. The topological polar surface area (TPSA) is 51.8 Å². The number of hydrogen-bond donors (Lipinski definition) is 1. The minimum absolute atomic E-state index is 0.129. The van der Waals surface area contributed by atoms with E-state index in [-0.39, 0.29) is 6.04 Å². The lowest BCUT2D eigenvalue weighted by Gasteiger charge is -2.11. The molecule has 2 aromatic heterocycles. The normalized spacial score (nSPS) is 12.8. The third-order valence-corrected chi connectivity index (χ3v) is 3.67. The molecule has 1 aromatic carbocycles. The quantitative estimate of drug-likeness (QED) is 0.750. The molecule has 2 N–H and O–H groups in total. The van der Waals surface area contributed by atoms with Crippen molar-refractivity contribution in [3.05, 3.63) is 58.5 Å². The van der Waals surface area contributed by atoms with Gasteiger partial charge in [-0.3, -0.25) is 9.97 Å². The van der Waals surface area contributed by atoms with Crippen molar-refractivity contribution in [1.29, 1.82) is 0 Å². The van der Waals surface area contributed by atoms with Gasteiger partial charge in [-0.2, -0.15) is 0 Å². The summed E-state index contributed by atoms with van der Waals surface area (Å²) in [4.78, 5) is 9.81. The van der Waals surface area contributed by atoms with E-state index in [4.69, 9.17) is 5.73 Å². The smallest absolute Gasteiger partial charge is 0.0938 e. The first-order chi connectivity index (χ1) is 8.36. The zero-order valence-electron chi connectivity index (χ0n) is 9.08. The molecule has 0 radical (unpaired) electrons. The van der Waals surface area contributed by atoms with Crippen LogP contribution in [-0.4, -0.2) is 9.97 Å². The van der Waals surface area contributed by atoms with E-state index in [0.29, 0.717) is 0 Å². The highest BCUT2D eigenvalue weighted by Gasteiger charge is 2.13. The average molecular weight is 241 g/mol. The molecule has 0 fully saturated rings. The SMILES string of the molecule is NC(c1cccs1)c1cccc2nccnc12. The van der Waals surface area contributed by atoms with E-state index in [2.05, 4.69) is 9.97 Å². The van der Waals surface area contributed by atoms with E-state index in [1.165, 1.54) is 0 Å². The molecule has 0 aliphatic heterocycles. The van der Waals surface area contributed by atoms with Crippen LogP contribution in [0.3, 0.4) is 0 Å². The molecule has 0 saturated carbocycles. The van der Waals surface area contributed by atoms with Gasteiger partial charge in [0.15, 0.2) is 0 Å². The molecule has 4 heteroatoms. The van der Waals surface area contributed by atoms with Gasteiger partial charge in [0.25, 0.3) is 0 Å². The number of nitrogens with zero attached hydrogens (tertiary/aromatic N) is 2. The van der Waals surface area contributed by atoms with Gasteiger partial charge in [-0.15, -0.1) is 11.3 Å². The zero-order valence-corrected chi connectivity index (χ0v) is 9.89. The second kappa shape index (κ2) is 4.24. The van der Waals surface area contributed by atoms with E-state index in [1.54, 1.807) is 23.7 Å². The Balaban J connectivity index is 2.17. The van der Waals surface area contributed by atoms with Gasteiger partial charge in [0, 0.05) is 22.8 Å². The molecule has 0 aliphatic carbocycles. The number of thiophene rings is 1. The fraction of sp³-hybridized carbons (Fsp3) is 0.0769. The van der Waals surface area contributed by atoms with Crippen molar-refractivity contribution in [2.45, 2.75) is 6.04 Å². The molecule has 3 aromatic rings. The van der Waals surface area contributed by atoms with E-state index >= 15 is 0 Å².